The van der Waals surface area contributed by atoms with E-state index in [1.54, 1.807) is 34.4 Å². The molecular weight excluding hydrogens is 272 g/mol. The first-order chi connectivity index (χ1) is 10.2. The van der Waals surface area contributed by atoms with E-state index in [1.807, 2.05) is 0 Å². The van der Waals surface area contributed by atoms with Gasteiger partial charge >= 0.3 is 6.03 Å². The van der Waals surface area contributed by atoms with Gasteiger partial charge in [0.1, 0.15) is 11.3 Å². The van der Waals surface area contributed by atoms with Crippen LogP contribution in [0, 0.1) is 0 Å². The van der Waals surface area contributed by atoms with E-state index in [-0.39, 0.29) is 18.0 Å². The molecular formula is C14H14N4O3. The van der Waals surface area contributed by atoms with E-state index < -0.39 is 0 Å². The molecule has 2 aliphatic heterocycles. The summed E-state index contributed by atoms with van der Waals surface area (Å²) in [6.45, 7) is 2.21. The second kappa shape index (κ2) is 4.47. The molecule has 21 heavy (non-hydrogen) atoms. The normalized spacial score (nSPS) is 21.5. The fourth-order valence-electron chi connectivity index (χ4n) is 3.00. The third-order valence-corrected chi connectivity index (χ3v) is 4.10. The molecule has 1 atom stereocenters. The van der Waals surface area contributed by atoms with Crippen molar-refractivity contribution >= 4 is 22.9 Å². The monoisotopic (exact) mass is 286 g/mol. The summed E-state index contributed by atoms with van der Waals surface area (Å²) in [5, 5.41) is 3.53. The topological polar surface area (TPSA) is 78.7 Å². The van der Waals surface area contributed by atoms with E-state index in [0.29, 0.717) is 37.5 Å². The van der Waals surface area contributed by atoms with Gasteiger partial charge in [-0.25, -0.2) is 4.79 Å². The Hall–Kier alpha value is -2.57. The number of hydrogen-bond donors (Lipinski definition) is 1. The quantitative estimate of drug-likeness (QED) is 0.836. The van der Waals surface area contributed by atoms with Crippen molar-refractivity contribution in [2.24, 2.45) is 0 Å². The molecule has 0 saturated carbocycles. The summed E-state index contributed by atoms with van der Waals surface area (Å²) >= 11 is 0. The van der Waals surface area contributed by atoms with E-state index >= 15 is 0 Å². The van der Waals surface area contributed by atoms with Crippen molar-refractivity contribution in [2.45, 2.75) is 6.04 Å². The summed E-state index contributed by atoms with van der Waals surface area (Å²) in [6, 6.07) is 3.51. The minimum absolute atomic E-state index is 0.0397. The van der Waals surface area contributed by atoms with Gasteiger partial charge in [0.15, 0.2) is 0 Å². The van der Waals surface area contributed by atoms with Gasteiger partial charge in [-0.3, -0.25) is 9.78 Å². The lowest BCUT2D eigenvalue weighted by molar-refractivity contribution is 0.0613. The molecule has 2 fully saturated rings. The van der Waals surface area contributed by atoms with Crippen LogP contribution in [0.15, 0.2) is 29.0 Å². The summed E-state index contributed by atoms with van der Waals surface area (Å²) in [7, 11) is 0. The first-order valence-electron chi connectivity index (χ1n) is 6.90. The van der Waals surface area contributed by atoms with E-state index in [2.05, 4.69) is 10.3 Å². The summed E-state index contributed by atoms with van der Waals surface area (Å²) < 4.78 is 5.31. The molecule has 108 valence electrons. The van der Waals surface area contributed by atoms with Crippen LogP contribution in [0.3, 0.4) is 0 Å². The molecule has 2 aromatic heterocycles. The third kappa shape index (κ3) is 1.84. The predicted octanol–water partition coefficient (Wildman–Crippen LogP) is 0.677. The van der Waals surface area contributed by atoms with Gasteiger partial charge in [-0.1, -0.05) is 0 Å². The molecule has 4 heterocycles. The van der Waals surface area contributed by atoms with Gasteiger partial charge in [0, 0.05) is 32.4 Å². The standard InChI is InChI=1S/C14H14N4O3/c19-13(12-10-2-6-21-11(10)1-3-15-12)17-4-5-18-9(8-17)7-16-14(18)20/h1-3,6,9H,4-5,7-8H2,(H,16,20). The molecule has 3 amide bonds. The second-order valence-corrected chi connectivity index (χ2v) is 5.28. The van der Waals surface area contributed by atoms with Gasteiger partial charge in [-0.15, -0.1) is 0 Å². The molecule has 0 radical (unpaired) electrons. The number of rotatable bonds is 1. The summed E-state index contributed by atoms with van der Waals surface area (Å²) in [4.78, 5) is 32.0. The Morgan fingerprint density at radius 2 is 2.29 bits per heavy atom. The maximum atomic E-state index is 12.7. The Morgan fingerprint density at radius 1 is 1.38 bits per heavy atom. The summed E-state index contributed by atoms with van der Waals surface area (Å²) in [5.74, 6) is -0.110. The minimum atomic E-state index is -0.110. The number of furan rings is 1. The fourth-order valence-corrected chi connectivity index (χ4v) is 3.00. The van der Waals surface area contributed by atoms with Crippen LogP contribution < -0.4 is 5.32 Å². The van der Waals surface area contributed by atoms with E-state index in [0.717, 1.165) is 5.39 Å². The summed E-state index contributed by atoms with van der Waals surface area (Å²) in [5.41, 5.74) is 1.07. The molecule has 0 bridgehead atoms. The lowest BCUT2D eigenvalue weighted by Crippen LogP contribution is -2.53. The molecule has 0 aliphatic carbocycles. The average Bonchev–Trinajstić information content (AvgIpc) is 3.13. The number of piperazine rings is 1. The molecule has 7 nitrogen and oxygen atoms in total. The Kier molecular flexibility index (Phi) is 2.60. The lowest BCUT2D eigenvalue weighted by Gasteiger charge is -2.36. The molecule has 1 unspecified atom stereocenters. The van der Waals surface area contributed by atoms with Crippen molar-refractivity contribution in [3.8, 4) is 0 Å². The molecule has 7 heteroatoms. The maximum Gasteiger partial charge on any atom is 0.317 e. The number of urea groups is 1. The molecule has 2 aromatic rings. The first-order valence-corrected chi connectivity index (χ1v) is 6.90. The number of hydrogen-bond acceptors (Lipinski definition) is 4. The number of fused-ring (bicyclic) bond motifs is 2. The first kappa shape index (κ1) is 12.2. The van der Waals surface area contributed by atoms with Crippen LogP contribution in [-0.2, 0) is 0 Å². The number of pyridine rings is 1. The number of aromatic nitrogens is 1. The van der Waals surface area contributed by atoms with Crippen LogP contribution in [0.4, 0.5) is 4.79 Å². The van der Waals surface area contributed by atoms with Crippen LogP contribution in [0.5, 0.6) is 0 Å². The zero-order chi connectivity index (χ0) is 14.4. The Labute approximate surface area is 120 Å². The van der Waals surface area contributed by atoms with Gasteiger partial charge in [0.25, 0.3) is 5.91 Å². The molecule has 1 N–H and O–H groups in total. The Bertz CT molecular complexity index is 726. The second-order valence-electron chi connectivity index (χ2n) is 5.28. The van der Waals surface area contributed by atoms with Crippen molar-refractivity contribution in [2.75, 3.05) is 26.2 Å². The SMILES string of the molecule is O=C(c1nccc2occc12)N1CCN2C(=O)NCC2C1. The maximum absolute atomic E-state index is 12.7. The van der Waals surface area contributed by atoms with Crippen molar-refractivity contribution in [1.29, 1.82) is 0 Å². The number of amides is 3. The zero-order valence-corrected chi connectivity index (χ0v) is 11.3. The average molecular weight is 286 g/mol. The highest BCUT2D eigenvalue weighted by Gasteiger charge is 2.37. The van der Waals surface area contributed by atoms with Crippen molar-refractivity contribution in [1.82, 2.24) is 20.1 Å². The van der Waals surface area contributed by atoms with Gasteiger partial charge in [-0.2, -0.15) is 0 Å². The highest BCUT2D eigenvalue weighted by atomic mass is 16.3. The van der Waals surface area contributed by atoms with E-state index in [9.17, 15) is 9.59 Å². The van der Waals surface area contributed by atoms with Gasteiger partial charge in [0.2, 0.25) is 0 Å². The van der Waals surface area contributed by atoms with E-state index in [1.165, 1.54) is 0 Å². The molecule has 2 saturated heterocycles. The Morgan fingerprint density at radius 3 is 3.19 bits per heavy atom. The van der Waals surface area contributed by atoms with Crippen LogP contribution in [0.25, 0.3) is 11.0 Å². The van der Waals surface area contributed by atoms with Crippen molar-refractivity contribution in [3.63, 3.8) is 0 Å². The number of nitrogens with zero attached hydrogens (tertiary/aromatic N) is 3. The third-order valence-electron chi connectivity index (χ3n) is 4.10. The zero-order valence-electron chi connectivity index (χ0n) is 11.3. The molecule has 2 aliphatic rings. The summed E-state index contributed by atoms with van der Waals surface area (Å²) in [6.07, 6.45) is 3.14. The van der Waals surface area contributed by atoms with Crippen molar-refractivity contribution < 1.29 is 14.0 Å². The fraction of sp³-hybridized carbons (Fsp3) is 0.357. The van der Waals surface area contributed by atoms with Crippen molar-refractivity contribution in [3.05, 3.63) is 30.3 Å². The largest absolute Gasteiger partial charge is 0.464 e. The number of carbonyl (C=O) groups is 2. The van der Waals surface area contributed by atoms with Crippen LogP contribution in [0.1, 0.15) is 10.5 Å². The minimum Gasteiger partial charge on any atom is -0.464 e. The molecule has 0 aromatic carbocycles. The highest BCUT2D eigenvalue weighted by molar-refractivity contribution is 6.04. The van der Waals surface area contributed by atoms with E-state index in [4.69, 9.17) is 4.42 Å². The van der Waals surface area contributed by atoms with Gasteiger partial charge < -0.3 is 19.5 Å². The van der Waals surface area contributed by atoms with Gasteiger partial charge in [0.05, 0.1) is 17.7 Å². The van der Waals surface area contributed by atoms with Crippen LogP contribution >= 0.6 is 0 Å². The lowest BCUT2D eigenvalue weighted by atomic mass is 10.1. The number of nitrogens with one attached hydrogen (secondary N) is 1. The predicted molar refractivity (Wildman–Crippen MR) is 73.8 cm³/mol. The molecule has 4 rings (SSSR count). The smallest absolute Gasteiger partial charge is 0.317 e. The van der Waals surface area contributed by atoms with Gasteiger partial charge in [-0.05, 0) is 12.1 Å². The highest BCUT2D eigenvalue weighted by Crippen LogP contribution is 2.21. The number of carbonyl (C=O) groups excluding carboxylic acids is 2. The molecule has 0 spiro atoms. The van der Waals surface area contributed by atoms with Crippen LogP contribution in [-0.4, -0.2) is 58.9 Å². The van der Waals surface area contributed by atoms with Crippen LogP contribution in [0.2, 0.25) is 0 Å². The Balaban J connectivity index is 1.61.